The Balaban J connectivity index is 1.27. The molecule has 0 amide bonds. The number of ether oxygens (including phenoxy) is 1. The molecule has 0 bridgehead atoms. The van der Waals surface area contributed by atoms with Crippen molar-refractivity contribution in [2.45, 2.75) is 19.4 Å². The Morgan fingerprint density at radius 3 is 2.27 bits per heavy atom. The maximum atomic E-state index is 12.8. The fourth-order valence-corrected chi connectivity index (χ4v) is 4.10. The van der Waals surface area contributed by atoms with Crippen LogP contribution in [-0.2, 0) is 16.1 Å². The minimum atomic E-state index is -0.157. The Bertz CT molecular complexity index is 1190. The van der Waals surface area contributed by atoms with Gasteiger partial charge in [0.1, 0.15) is 6.61 Å². The van der Waals surface area contributed by atoms with E-state index in [1.807, 2.05) is 71.5 Å². The van der Waals surface area contributed by atoms with E-state index >= 15 is 0 Å². The van der Waals surface area contributed by atoms with Gasteiger partial charge < -0.3 is 9.64 Å². The van der Waals surface area contributed by atoms with Crippen molar-refractivity contribution in [3.63, 3.8) is 0 Å². The van der Waals surface area contributed by atoms with E-state index in [9.17, 15) is 4.79 Å². The molecule has 1 fully saturated rings. The van der Waals surface area contributed by atoms with E-state index in [1.165, 1.54) is 0 Å². The predicted octanol–water partition coefficient (Wildman–Crippen LogP) is 4.29. The molecule has 1 aliphatic heterocycles. The Morgan fingerprint density at radius 2 is 1.58 bits per heavy atom. The zero-order valence-corrected chi connectivity index (χ0v) is 18.2. The Labute approximate surface area is 192 Å². The van der Waals surface area contributed by atoms with Crippen molar-refractivity contribution < 1.29 is 9.53 Å². The molecule has 33 heavy (non-hydrogen) atoms. The fraction of sp³-hybridized carbons (Fsp3) is 0.231. The lowest BCUT2D eigenvalue weighted by Crippen LogP contribution is -2.37. The summed E-state index contributed by atoms with van der Waals surface area (Å²) >= 11 is 0. The lowest BCUT2D eigenvalue weighted by atomic mass is 9.97. The maximum Gasteiger partial charge on any atom is 0.309 e. The van der Waals surface area contributed by atoms with Crippen molar-refractivity contribution in [2.75, 3.05) is 18.0 Å². The number of aromatic nitrogens is 4. The van der Waals surface area contributed by atoms with Crippen LogP contribution < -0.4 is 4.90 Å². The van der Waals surface area contributed by atoms with Gasteiger partial charge in [-0.3, -0.25) is 4.79 Å². The van der Waals surface area contributed by atoms with E-state index in [0.29, 0.717) is 5.95 Å². The number of rotatable bonds is 6. The van der Waals surface area contributed by atoms with Gasteiger partial charge >= 0.3 is 5.97 Å². The highest BCUT2D eigenvalue weighted by Crippen LogP contribution is 2.26. The Hall–Kier alpha value is -4.00. The van der Waals surface area contributed by atoms with Crippen LogP contribution in [0.1, 0.15) is 18.4 Å². The molecule has 0 unspecified atom stereocenters. The molecule has 0 saturated carbocycles. The van der Waals surface area contributed by atoms with Gasteiger partial charge in [-0.05, 0) is 31.0 Å². The van der Waals surface area contributed by atoms with Crippen LogP contribution in [0.2, 0.25) is 0 Å². The standard InChI is InChI=1S/C26H25N5O2/c32-25(21-12-16-30(17-13-21)26-27-14-7-15-28-26)33-19-22-18-31(23-10-5-2-6-11-23)29-24(22)20-8-3-1-4-9-20/h1-11,14-15,18,21H,12-13,16-17,19H2. The molecule has 0 atom stereocenters. The number of carbonyl (C=O) groups is 1. The van der Waals surface area contributed by atoms with Crippen LogP contribution in [0, 0.1) is 5.92 Å². The van der Waals surface area contributed by atoms with Crippen LogP contribution in [0.25, 0.3) is 16.9 Å². The van der Waals surface area contributed by atoms with E-state index < -0.39 is 0 Å². The third kappa shape index (κ3) is 4.77. The number of piperidine rings is 1. The van der Waals surface area contributed by atoms with E-state index in [0.717, 1.165) is 48.4 Å². The first-order valence-corrected chi connectivity index (χ1v) is 11.2. The number of esters is 1. The van der Waals surface area contributed by atoms with Gasteiger partial charge in [0.25, 0.3) is 0 Å². The molecule has 0 spiro atoms. The molecule has 2 aromatic carbocycles. The van der Waals surface area contributed by atoms with Gasteiger partial charge in [0.15, 0.2) is 0 Å². The second kappa shape index (κ2) is 9.65. The van der Waals surface area contributed by atoms with Gasteiger partial charge in [-0.25, -0.2) is 14.6 Å². The predicted molar refractivity (Wildman–Crippen MR) is 126 cm³/mol. The number of hydrogen-bond donors (Lipinski definition) is 0. The number of nitrogens with zero attached hydrogens (tertiary/aromatic N) is 5. The van der Waals surface area contributed by atoms with E-state index in [4.69, 9.17) is 9.84 Å². The average molecular weight is 440 g/mol. The third-order valence-corrected chi connectivity index (χ3v) is 5.89. The largest absolute Gasteiger partial charge is 0.460 e. The lowest BCUT2D eigenvalue weighted by Gasteiger charge is -2.30. The molecule has 166 valence electrons. The third-order valence-electron chi connectivity index (χ3n) is 5.89. The van der Waals surface area contributed by atoms with Gasteiger partial charge in [-0.2, -0.15) is 5.10 Å². The molecule has 7 heteroatoms. The first kappa shape index (κ1) is 20.9. The van der Waals surface area contributed by atoms with Gasteiger partial charge in [0.2, 0.25) is 5.95 Å². The number of carbonyl (C=O) groups excluding carboxylic acids is 1. The SMILES string of the molecule is O=C(OCc1cn(-c2ccccc2)nc1-c1ccccc1)C1CCN(c2ncccn2)CC1. The molecule has 1 aliphatic rings. The first-order valence-electron chi connectivity index (χ1n) is 11.2. The maximum absolute atomic E-state index is 12.8. The van der Waals surface area contributed by atoms with E-state index in [-0.39, 0.29) is 18.5 Å². The summed E-state index contributed by atoms with van der Waals surface area (Å²) in [5, 5.41) is 4.79. The minimum absolute atomic E-state index is 0.116. The van der Waals surface area contributed by atoms with Crippen molar-refractivity contribution in [1.29, 1.82) is 0 Å². The molecule has 5 rings (SSSR count). The summed E-state index contributed by atoms with van der Waals surface area (Å²) in [6.07, 6.45) is 6.88. The second-order valence-corrected chi connectivity index (χ2v) is 8.07. The van der Waals surface area contributed by atoms with Gasteiger partial charge in [0, 0.05) is 42.8 Å². The molecule has 7 nitrogen and oxygen atoms in total. The summed E-state index contributed by atoms with van der Waals surface area (Å²) in [6, 6.07) is 21.7. The van der Waals surface area contributed by atoms with E-state index in [1.54, 1.807) is 18.5 Å². The molecule has 2 aromatic heterocycles. The summed E-state index contributed by atoms with van der Waals surface area (Å²) < 4.78 is 7.61. The van der Waals surface area contributed by atoms with Crippen LogP contribution in [0.3, 0.4) is 0 Å². The molecular weight excluding hydrogens is 414 g/mol. The van der Waals surface area contributed by atoms with Crippen LogP contribution in [0.15, 0.2) is 85.3 Å². The van der Waals surface area contributed by atoms with Gasteiger partial charge in [-0.15, -0.1) is 0 Å². The quantitative estimate of drug-likeness (QED) is 0.417. The van der Waals surface area contributed by atoms with Gasteiger partial charge in [-0.1, -0.05) is 48.5 Å². The second-order valence-electron chi connectivity index (χ2n) is 8.07. The zero-order chi connectivity index (χ0) is 22.5. The van der Waals surface area contributed by atoms with E-state index in [2.05, 4.69) is 14.9 Å². The zero-order valence-electron chi connectivity index (χ0n) is 18.2. The first-order chi connectivity index (χ1) is 16.3. The summed E-state index contributed by atoms with van der Waals surface area (Å²) in [5.74, 6) is 0.439. The molecule has 4 aromatic rings. The van der Waals surface area contributed by atoms with Crippen molar-refractivity contribution in [3.05, 3.63) is 90.9 Å². The Kier molecular flexibility index (Phi) is 6.10. The number of anilines is 1. The number of para-hydroxylation sites is 1. The highest BCUT2D eigenvalue weighted by molar-refractivity contribution is 5.73. The summed E-state index contributed by atoms with van der Waals surface area (Å²) in [7, 11) is 0. The number of hydrogen-bond acceptors (Lipinski definition) is 6. The molecule has 0 N–H and O–H groups in total. The molecular formula is C26H25N5O2. The van der Waals surface area contributed by atoms with Crippen molar-refractivity contribution in [3.8, 4) is 16.9 Å². The highest BCUT2D eigenvalue weighted by atomic mass is 16.5. The number of benzene rings is 2. The normalized spacial score (nSPS) is 14.2. The van der Waals surface area contributed by atoms with Crippen molar-refractivity contribution >= 4 is 11.9 Å². The van der Waals surface area contributed by atoms with Crippen LogP contribution in [-0.4, -0.2) is 38.8 Å². The Morgan fingerprint density at radius 1 is 0.909 bits per heavy atom. The monoisotopic (exact) mass is 439 g/mol. The summed E-state index contributed by atoms with van der Waals surface area (Å²) in [6.45, 7) is 1.67. The van der Waals surface area contributed by atoms with Crippen LogP contribution in [0.4, 0.5) is 5.95 Å². The fourth-order valence-electron chi connectivity index (χ4n) is 4.10. The molecule has 3 heterocycles. The molecule has 0 radical (unpaired) electrons. The van der Waals surface area contributed by atoms with Crippen LogP contribution >= 0.6 is 0 Å². The van der Waals surface area contributed by atoms with Crippen molar-refractivity contribution in [2.24, 2.45) is 5.92 Å². The molecule has 1 saturated heterocycles. The molecule has 0 aliphatic carbocycles. The van der Waals surface area contributed by atoms with Crippen LogP contribution in [0.5, 0.6) is 0 Å². The van der Waals surface area contributed by atoms with Gasteiger partial charge in [0.05, 0.1) is 17.3 Å². The average Bonchev–Trinajstić information content (AvgIpc) is 3.33. The summed E-state index contributed by atoms with van der Waals surface area (Å²) in [5.41, 5.74) is 3.66. The van der Waals surface area contributed by atoms with Crippen molar-refractivity contribution in [1.82, 2.24) is 19.7 Å². The smallest absolute Gasteiger partial charge is 0.309 e. The minimum Gasteiger partial charge on any atom is -0.460 e. The topological polar surface area (TPSA) is 73.1 Å². The lowest BCUT2D eigenvalue weighted by molar-refractivity contribution is -0.150. The summed E-state index contributed by atoms with van der Waals surface area (Å²) in [4.78, 5) is 23.6. The highest BCUT2D eigenvalue weighted by Gasteiger charge is 2.27.